The predicted molar refractivity (Wildman–Crippen MR) is 94.8 cm³/mol. The summed E-state index contributed by atoms with van der Waals surface area (Å²) in [5.74, 6) is -0.0119. The van der Waals surface area contributed by atoms with Crippen molar-refractivity contribution in [3.8, 4) is 0 Å². The highest BCUT2D eigenvalue weighted by Crippen LogP contribution is 2.19. The van der Waals surface area contributed by atoms with E-state index in [0.29, 0.717) is 23.7 Å². The van der Waals surface area contributed by atoms with E-state index in [0.717, 1.165) is 10.6 Å². The lowest BCUT2D eigenvalue weighted by atomic mass is 10.2. The lowest BCUT2D eigenvalue weighted by molar-refractivity contribution is 0.0728. The molecule has 3 nitrogen and oxygen atoms in total. The molecule has 0 atom stereocenters. The van der Waals surface area contributed by atoms with Gasteiger partial charge in [0.1, 0.15) is 0 Å². The number of hydrogen-bond donors (Lipinski definition) is 0. The molecule has 0 aliphatic carbocycles. The number of halogens is 1. The molecule has 2 heterocycles. The number of amides is 1. The van der Waals surface area contributed by atoms with Crippen molar-refractivity contribution in [1.29, 1.82) is 0 Å². The van der Waals surface area contributed by atoms with Crippen molar-refractivity contribution < 1.29 is 4.79 Å². The van der Waals surface area contributed by atoms with E-state index in [1.807, 2.05) is 52.4 Å². The summed E-state index contributed by atoms with van der Waals surface area (Å²) >= 11 is 7.69. The fraction of sp³-hybridized carbons (Fsp3) is 0.167. The van der Waals surface area contributed by atoms with Crippen LogP contribution >= 0.6 is 22.9 Å². The van der Waals surface area contributed by atoms with E-state index in [1.54, 1.807) is 35.6 Å². The zero-order chi connectivity index (χ0) is 16.2. The van der Waals surface area contributed by atoms with Crippen molar-refractivity contribution in [1.82, 2.24) is 9.47 Å². The second-order valence-electron chi connectivity index (χ2n) is 5.36. The zero-order valence-corrected chi connectivity index (χ0v) is 14.3. The van der Waals surface area contributed by atoms with Crippen LogP contribution < -0.4 is 0 Å². The van der Waals surface area contributed by atoms with Crippen LogP contribution in [0.15, 0.2) is 60.1 Å². The lowest BCUT2D eigenvalue weighted by Gasteiger charge is -2.23. The molecule has 3 rings (SSSR count). The predicted octanol–water partition coefficient (Wildman–Crippen LogP) is 4.58. The van der Waals surface area contributed by atoms with Gasteiger partial charge in [-0.15, -0.1) is 11.3 Å². The Balaban J connectivity index is 1.87. The van der Waals surface area contributed by atoms with Gasteiger partial charge in [-0.1, -0.05) is 23.7 Å². The molecule has 0 saturated carbocycles. The number of nitrogens with zero attached hydrogens (tertiary/aromatic N) is 2. The average Bonchev–Trinajstić information content (AvgIpc) is 3.18. The van der Waals surface area contributed by atoms with Gasteiger partial charge in [0.05, 0.1) is 13.1 Å². The van der Waals surface area contributed by atoms with Crippen molar-refractivity contribution in [2.24, 2.45) is 7.05 Å². The van der Waals surface area contributed by atoms with Gasteiger partial charge in [-0.3, -0.25) is 4.79 Å². The highest BCUT2D eigenvalue weighted by molar-refractivity contribution is 7.09. The maximum absolute atomic E-state index is 12.9. The monoisotopic (exact) mass is 344 g/mol. The molecule has 1 aromatic carbocycles. The first kappa shape index (κ1) is 15.8. The van der Waals surface area contributed by atoms with Gasteiger partial charge in [0.15, 0.2) is 0 Å². The molecule has 0 bridgehead atoms. The van der Waals surface area contributed by atoms with E-state index in [2.05, 4.69) is 0 Å². The zero-order valence-electron chi connectivity index (χ0n) is 12.8. The van der Waals surface area contributed by atoms with E-state index >= 15 is 0 Å². The summed E-state index contributed by atoms with van der Waals surface area (Å²) < 4.78 is 2.03. The molecule has 5 heteroatoms. The second kappa shape index (κ2) is 7.02. The molecule has 3 aromatic rings. The lowest BCUT2D eigenvalue weighted by Crippen LogP contribution is -2.30. The van der Waals surface area contributed by atoms with Gasteiger partial charge in [-0.2, -0.15) is 0 Å². The van der Waals surface area contributed by atoms with Crippen molar-refractivity contribution in [2.75, 3.05) is 0 Å². The SMILES string of the molecule is Cn1cccc1CN(Cc1cccs1)C(=O)c1cccc(Cl)c1. The Hall–Kier alpha value is -2.04. The van der Waals surface area contributed by atoms with Gasteiger partial charge < -0.3 is 9.47 Å². The van der Waals surface area contributed by atoms with Crippen LogP contribution in [0.5, 0.6) is 0 Å². The van der Waals surface area contributed by atoms with Gasteiger partial charge in [0, 0.05) is 34.4 Å². The van der Waals surface area contributed by atoms with Crippen LogP contribution in [0.2, 0.25) is 5.02 Å². The highest BCUT2D eigenvalue weighted by atomic mass is 35.5. The van der Waals surface area contributed by atoms with Crippen molar-refractivity contribution in [3.63, 3.8) is 0 Å². The summed E-state index contributed by atoms with van der Waals surface area (Å²) in [5.41, 5.74) is 1.71. The van der Waals surface area contributed by atoms with E-state index in [1.165, 1.54) is 0 Å². The van der Waals surface area contributed by atoms with Crippen LogP contribution in [0.25, 0.3) is 0 Å². The van der Waals surface area contributed by atoms with Crippen LogP contribution in [-0.2, 0) is 20.1 Å². The number of aromatic nitrogens is 1. The first-order valence-corrected chi connectivity index (χ1v) is 8.56. The minimum absolute atomic E-state index is 0.0119. The van der Waals surface area contributed by atoms with Gasteiger partial charge in [-0.05, 0) is 41.8 Å². The Morgan fingerprint density at radius 1 is 1.17 bits per heavy atom. The third-order valence-corrected chi connectivity index (χ3v) is 4.79. The third kappa shape index (κ3) is 3.84. The Labute approximate surface area is 144 Å². The third-order valence-electron chi connectivity index (χ3n) is 3.69. The summed E-state index contributed by atoms with van der Waals surface area (Å²) in [5, 5.41) is 2.60. The van der Waals surface area contributed by atoms with Gasteiger partial charge in [0.25, 0.3) is 5.91 Å². The van der Waals surface area contributed by atoms with E-state index in [-0.39, 0.29) is 5.91 Å². The van der Waals surface area contributed by atoms with E-state index < -0.39 is 0 Å². The molecule has 0 N–H and O–H groups in total. The maximum Gasteiger partial charge on any atom is 0.254 e. The number of rotatable bonds is 5. The van der Waals surface area contributed by atoms with Crippen LogP contribution in [0.4, 0.5) is 0 Å². The van der Waals surface area contributed by atoms with Crippen molar-refractivity contribution in [3.05, 3.63) is 81.3 Å². The molecule has 0 saturated heterocycles. The minimum Gasteiger partial charge on any atom is -0.353 e. The number of carbonyl (C=O) groups excluding carboxylic acids is 1. The first-order valence-electron chi connectivity index (χ1n) is 7.31. The number of thiophene rings is 1. The molecule has 0 unspecified atom stereocenters. The standard InChI is InChI=1S/C18H17ClN2OS/c1-20-9-3-7-16(20)12-21(13-17-8-4-10-23-17)18(22)14-5-2-6-15(19)11-14/h2-11H,12-13H2,1H3. The van der Waals surface area contributed by atoms with E-state index in [9.17, 15) is 4.79 Å². The van der Waals surface area contributed by atoms with Crippen LogP contribution in [0, 0.1) is 0 Å². The number of hydrogen-bond acceptors (Lipinski definition) is 2. The molecular formula is C18H17ClN2OS. The number of benzene rings is 1. The summed E-state index contributed by atoms with van der Waals surface area (Å²) in [7, 11) is 1.99. The Morgan fingerprint density at radius 2 is 2.04 bits per heavy atom. The topological polar surface area (TPSA) is 25.2 Å². The summed E-state index contributed by atoms with van der Waals surface area (Å²) in [4.78, 5) is 15.9. The average molecular weight is 345 g/mol. The molecule has 23 heavy (non-hydrogen) atoms. The van der Waals surface area contributed by atoms with Crippen LogP contribution in [0.1, 0.15) is 20.9 Å². The quantitative estimate of drug-likeness (QED) is 0.665. The Kier molecular flexibility index (Phi) is 4.84. The molecular weight excluding hydrogens is 328 g/mol. The molecule has 0 aliphatic heterocycles. The summed E-state index contributed by atoms with van der Waals surface area (Å²) in [6.45, 7) is 1.15. The van der Waals surface area contributed by atoms with E-state index in [4.69, 9.17) is 11.6 Å². The summed E-state index contributed by atoms with van der Waals surface area (Å²) in [6.07, 6.45) is 1.99. The smallest absolute Gasteiger partial charge is 0.254 e. The Bertz CT molecular complexity index is 795. The fourth-order valence-corrected chi connectivity index (χ4v) is 3.36. The largest absolute Gasteiger partial charge is 0.353 e. The molecule has 2 aromatic heterocycles. The minimum atomic E-state index is -0.0119. The Morgan fingerprint density at radius 3 is 2.70 bits per heavy atom. The molecule has 0 fully saturated rings. The van der Waals surface area contributed by atoms with Crippen LogP contribution in [-0.4, -0.2) is 15.4 Å². The normalized spacial score (nSPS) is 10.7. The second-order valence-corrected chi connectivity index (χ2v) is 6.83. The van der Waals surface area contributed by atoms with Crippen molar-refractivity contribution >= 4 is 28.8 Å². The van der Waals surface area contributed by atoms with Gasteiger partial charge >= 0.3 is 0 Å². The molecule has 1 amide bonds. The first-order chi connectivity index (χ1) is 11.1. The molecule has 0 spiro atoms. The maximum atomic E-state index is 12.9. The summed E-state index contributed by atoms with van der Waals surface area (Å²) in [6, 6.07) is 15.2. The molecule has 0 radical (unpaired) electrons. The molecule has 0 aliphatic rings. The number of aryl methyl sites for hydroxylation is 1. The van der Waals surface area contributed by atoms with Gasteiger partial charge in [-0.25, -0.2) is 0 Å². The van der Waals surface area contributed by atoms with Crippen molar-refractivity contribution in [2.45, 2.75) is 13.1 Å². The highest BCUT2D eigenvalue weighted by Gasteiger charge is 2.18. The van der Waals surface area contributed by atoms with Gasteiger partial charge in [0.2, 0.25) is 0 Å². The fourth-order valence-electron chi connectivity index (χ4n) is 2.45. The molecule has 118 valence electrons. The number of carbonyl (C=O) groups is 1. The van der Waals surface area contributed by atoms with Crippen LogP contribution in [0.3, 0.4) is 0 Å².